The van der Waals surface area contributed by atoms with Crippen LogP contribution < -0.4 is 10.1 Å². The predicted octanol–water partition coefficient (Wildman–Crippen LogP) is 2.66. The van der Waals surface area contributed by atoms with Gasteiger partial charge in [-0.2, -0.15) is 5.26 Å². The first-order valence-electron chi connectivity index (χ1n) is 7.44. The number of rotatable bonds is 1. The number of benzene rings is 1. The van der Waals surface area contributed by atoms with Crippen LogP contribution >= 0.6 is 0 Å². The number of nitrogens with zero attached hydrogens (tertiary/aromatic N) is 1. The monoisotopic (exact) mass is 318 g/mol. The Bertz CT molecular complexity index is 656. The third kappa shape index (κ3) is 3.74. The van der Waals surface area contributed by atoms with Crippen LogP contribution in [0.4, 0.5) is 4.79 Å². The summed E-state index contributed by atoms with van der Waals surface area (Å²) < 4.78 is 11.1. The lowest BCUT2D eigenvalue weighted by molar-refractivity contribution is -0.0331. The number of aliphatic hydroxyl groups excluding tert-OH is 1. The van der Waals surface area contributed by atoms with Gasteiger partial charge in [-0.15, -0.1) is 0 Å². The van der Waals surface area contributed by atoms with Crippen molar-refractivity contribution in [3.05, 3.63) is 29.3 Å². The highest BCUT2D eigenvalue weighted by atomic mass is 16.6. The summed E-state index contributed by atoms with van der Waals surface area (Å²) in [6.07, 6.45) is -1.63. The minimum absolute atomic E-state index is 0.419. The summed E-state index contributed by atoms with van der Waals surface area (Å²) in [5.41, 5.74) is -0.579. The van der Waals surface area contributed by atoms with Crippen LogP contribution in [0.5, 0.6) is 5.75 Å². The molecule has 124 valence electrons. The van der Waals surface area contributed by atoms with E-state index in [-0.39, 0.29) is 0 Å². The Kier molecular flexibility index (Phi) is 4.27. The number of alkyl carbamates (subject to hydrolysis) is 1. The van der Waals surface area contributed by atoms with E-state index >= 15 is 0 Å². The van der Waals surface area contributed by atoms with Crippen molar-refractivity contribution in [3.8, 4) is 11.8 Å². The van der Waals surface area contributed by atoms with Crippen LogP contribution in [0.15, 0.2) is 18.2 Å². The fourth-order valence-corrected chi connectivity index (χ4v) is 2.54. The van der Waals surface area contributed by atoms with E-state index in [4.69, 9.17) is 14.7 Å². The fraction of sp³-hybridized carbons (Fsp3) is 0.529. The van der Waals surface area contributed by atoms with Crippen LogP contribution in [0, 0.1) is 11.3 Å². The molecule has 0 fully saturated rings. The van der Waals surface area contributed by atoms with Crippen molar-refractivity contribution in [2.75, 3.05) is 0 Å². The third-order valence-electron chi connectivity index (χ3n) is 3.57. The van der Waals surface area contributed by atoms with Crippen LogP contribution in [0.25, 0.3) is 0 Å². The summed E-state index contributed by atoms with van der Waals surface area (Å²) >= 11 is 0. The molecule has 1 aliphatic rings. The molecule has 1 aliphatic heterocycles. The largest absolute Gasteiger partial charge is 0.485 e. The highest BCUT2D eigenvalue weighted by Gasteiger charge is 2.44. The van der Waals surface area contributed by atoms with Crippen LogP contribution in [0.3, 0.4) is 0 Å². The SMILES string of the molecule is CC(C)(C)OC(=O)N[C@@H]1C(O)c2cc(C#N)ccc2OC1(C)C. The molecule has 0 aromatic heterocycles. The summed E-state index contributed by atoms with van der Waals surface area (Å²) in [6.45, 7) is 8.85. The Morgan fingerprint density at radius 1 is 1.43 bits per heavy atom. The van der Waals surface area contributed by atoms with Gasteiger partial charge in [0.15, 0.2) is 0 Å². The van der Waals surface area contributed by atoms with E-state index in [9.17, 15) is 9.90 Å². The molecule has 0 bridgehead atoms. The average Bonchev–Trinajstić information content (AvgIpc) is 2.41. The van der Waals surface area contributed by atoms with E-state index in [1.54, 1.807) is 52.8 Å². The maximum atomic E-state index is 12.0. The summed E-state index contributed by atoms with van der Waals surface area (Å²) in [5, 5.41) is 22.3. The zero-order chi connectivity index (χ0) is 17.4. The molecule has 2 atom stereocenters. The zero-order valence-corrected chi connectivity index (χ0v) is 14.0. The molecule has 1 unspecified atom stereocenters. The summed E-state index contributed by atoms with van der Waals surface area (Å²) in [5.74, 6) is 0.503. The number of nitrogens with one attached hydrogen (secondary N) is 1. The molecular weight excluding hydrogens is 296 g/mol. The molecule has 0 saturated carbocycles. The van der Waals surface area contributed by atoms with Crippen LogP contribution in [0.1, 0.15) is 51.8 Å². The van der Waals surface area contributed by atoms with Crippen molar-refractivity contribution in [3.63, 3.8) is 0 Å². The second kappa shape index (κ2) is 5.74. The van der Waals surface area contributed by atoms with E-state index in [2.05, 4.69) is 5.32 Å². The molecule has 1 amide bonds. The third-order valence-corrected chi connectivity index (χ3v) is 3.57. The molecule has 6 nitrogen and oxygen atoms in total. The van der Waals surface area contributed by atoms with Gasteiger partial charge in [0.1, 0.15) is 29.1 Å². The average molecular weight is 318 g/mol. The van der Waals surface area contributed by atoms with Gasteiger partial charge >= 0.3 is 6.09 Å². The molecule has 2 rings (SSSR count). The first-order chi connectivity index (χ1) is 10.5. The van der Waals surface area contributed by atoms with Gasteiger partial charge in [-0.05, 0) is 52.8 Å². The number of hydrogen-bond acceptors (Lipinski definition) is 5. The Balaban J connectivity index is 2.29. The van der Waals surface area contributed by atoms with Crippen LogP contribution in [-0.4, -0.2) is 28.4 Å². The minimum Gasteiger partial charge on any atom is -0.485 e. The second-order valence-electron chi connectivity index (χ2n) is 7.14. The van der Waals surface area contributed by atoms with Gasteiger partial charge in [-0.3, -0.25) is 0 Å². The number of aliphatic hydroxyl groups is 1. The van der Waals surface area contributed by atoms with Gasteiger partial charge in [-0.25, -0.2) is 4.79 Å². The van der Waals surface area contributed by atoms with Gasteiger partial charge in [-0.1, -0.05) is 0 Å². The highest BCUT2D eigenvalue weighted by molar-refractivity contribution is 5.68. The lowest BCUT2D eigenvalue weighted by atomic mass is 9.85. The number of nitriles is 1. The topological polar surface area (TPSA) is 91.6 Å². The molecule has 1 aromatic rings. The number of carbonyl (C=O) groups is 1. The second-order valence-corrected chi connectivity index (χ2v) is 7.14. The number of fused-ring (bicyclic) bond motifs is 1. The quantitative estimate of drug-likeness (QED) is 0.830. The van der Waals surface area contributed by atoms with Gasteiger partial charge in [0, 0.05) is 5.56 Å². The van der Waals surface area contributed by atoms with E-state index < -0.39 is 29.4 Å². The van der Waals surface area contributed by atoms with Crippen molar-refractivity contribution in [2.45, 2.75) is 58.0 Å². The maximum absolute atomic E-state index is 12.0. The van der Waals surface area contributed by atoms with Crippen molar-refractivity contribution in [2.24, 2.45) is 0 Å². The van der Waals surface area contributed by atoms with E-state index in [0.29, 0.717) is 16.9 Å². The first kappa shape index (κ1) is 17.1. The Hall–Kier alpha value is -2.26. The van der Waals surface area contributed by atoms with Crippen molar-refractivity contribution < 1.29 is 19.4 Å². The molecule has 2 N–H and O–H groups in total. The number of amides is 1. The predicted molar refractivity (Wildman–Crippen MR) is 84.0 cm³/mol. The maximum Gasteiger partial charge on any atom is 0.408 e. The van der Waals surface area contributed by atoms with Crippen molar-refractivity contribution >= 4 is 6.09 Å². The molecule has 0 spiro atoms. The van der Waals surface area contributed by atoms with E-state index in [1.165, 1.54) is 0 Å². The van der Waals surface area contributed by atoms with Crippen LogP contribution in [0.2, 0.25) is 0 Å². The fourth-order valence-electron chi connectivity index (χ4n) is 2.54. The summed E-state index contributed by atoms with van der Waals surface area (Å²) in [7, 11) is 0. The molecule has 6 heteroatoms. The Morgan fingerprint density at radius 2 is 2.09 bits per heavy atom. The molecule has 23 heavy (non-hydrogen) atoms. The Morgan fingerprint density at radius 3 is 2.65 bits per heavy atom. The highest BCUT2D eigenvalue weighted by Crippen LogP contribution is 2.40. The van der Waals surface area contributed by atoms with E-state index in [1.807, 2.05) is 6.07 Å². The zero-order valence-electron chi connectivity index (χ0n) is 14.0. The standard InChI is InChI=1S/C17H22N2O4/c1-16(2,3)23-15(21)19-14-13(20)11-8-10(9-18)6-7-12(11)22-17(14,4)5/h6-8,13-14,20H,1-5H3,(H,19,21)/t13?,14-/m1/s1. The van der Waals surface area contributed by atoms with Crippen molar-refractivity contribution in [1.82, 2.24) is 5.32 Å². The molecule has 0 aliphatic carbocycles. The van der Waals surface area contributed by atoms with Crippen LogP contribution in [-0.2, 0) is 4.74 Å². The van der Waals surface area contributed by atoms with Gasteiger partial charge in [0.2, 0.25) is 0 Å². The van der Waals surface area contributed by atoms with Gasteiger partial charge in [0.25, 0.3) is 0 Å². The van der Waals surface area contributed by atoms with Crippen molar-refractivity contribution in [1.29, 1.82) is 5.26 Å². The molecular formula is C17H22N2O4. The van der Waals surface area contributed by atoms with Gasteiger partial charge < -0.3 is 19.9 Å². The lowest BCUT2D eigenvalue weighted by Crippen LogP contribution is -2.58. The molecule has 1 heterocycles. The van der Waals surface area contributed by atoms with Gasteiger partial charge in [0.05, 0.1) is 11.6 Å². The number of carbonyl (C=O) groups excluding carboxylic acids is 1. The first-order valence-corrected chi connectivity index (χ1v) is 7.44. The summed E-state index contributed by atoms with van der Waals surface area (Å²) in [6, 6.07) is 6.17. The number of hydrogen-bond donors (Lipinski definition) is 2. The normalized spacial score (nSPS) is 22.3. The number of ether oxygens (including phenoxy) is 2. The minimum atomic E-state index is -1.01. The molecule has 0 saturated heterocycles. The summed E-state index contributed by atoms with van der Waals surface area (Å²) in [4.78, 5) is 12.0. The smallest absolute Gasteiger partial charge is 0.408 e. The molecule has 0 radical (unpaired) electrons. The lowest BCUT2D eigenvalue weighted by Gasteiger charge is -2.43. The molecule has 1 aromatic carbocycles. The van der Waals surface area contributed by atoms with E-state index in [0.717, 1.165) is 0 Å². The Labute approximate surface area is 136 Å².